The van der Waals surface area contributed by atoms with E-state index in [9.17, 15) is 0 Å². The Morgan fingerprint density at radius 1 is 1.64 bits per heavy atom. The number of rotatable bonds is 4. The lowest BCUT2D eigenvalue weighted by Gasteiger charge is -1.89. The topological polar surface area (TPSA) is 26.0 Å². The van der Waals surface area contributed by atoms with Gasteiger partial charge in [-0.25, -0.2) is 4.98 Å². The molecule has 0 unspecified atom stereocenters. The molecule has 1 aromatic heterocycles. The van der Waals surface area contributed by atoms with Crippen LogP contribution in [0.15, 0.2) is 10.7 Å². The third-order valence-corrected chi connectivity index (χ3v) is 1.75. The van der Waals surface area contributed by atoms with Crippen molar-refractivity contribution < 1.29 is 4.42 Å². The van der Waals surface area contributed by atoms with Crippen LogP contribution in [0.4, 0.5) is 0 Å². The minimum Gasteiger partial charge on any atom is -0.449 e. The highest BCUT2D eigenvalue weighted by atomic mass is 35.5. The first-order chi connectivity index (χ1) is 5.36. The molecule has 0 bridgehead atoms. The molecular weight excluding hydrogens is 162 g/mol. The van der Waals surface area contributed by atoms with E-state index in [4.69, 9.17) is 16.0 Å². The van der Waals surface area contributed by atoms with Crippen LogP contribution in [0.1, 0.15) is 31.4 Å². The molecular formula is C8H12ClNO. The summed E-state index contributed by atoms with van der Waals surface area (Å²) in [5.41, 5.74) is 0.831. The molecule has 0 spiro atoms. The highest BCUT2D eigenvalue weighted by Crippen LogP contribution is 2.07. The van der Waals surface area contributed by atoms with Crippen LogP contribution in [0.5, 0.6) is 0 Å². The Morgan fingerprint density at radius 3 is 3.00 bits per heavy atom. The molecule has 2 nitrogen and oxygen atoms in total. The largest absolute Gasteiger partial charge is 0.449 e. The second kappa shape index (κ2) is 4.39. The lowest BCUT2D eigenvalue weighted by Crippen LogP contribution is -1.84. The predicted octanol–water partition coefficient (Wildman–Crippen LogP) is 2.76. The molecule has 0 aliphatic rings. The summed E-state index contributed by atoms with van der Waals surface area (Å²) >= 11 is 5.55. The smallest absolute Gasteiger partial charge is 0.194 e. The van der Waals surface area contributed by atoms with E-state index >= 15 is 0 Å². The van der Waals surface area contributed by atoms with Gasteiger partial charge in [0.2, 0.25) is 0 Å². The first-order valence-corrected chi connectivity index (χ1v) is 4.39. The van der Waals surface area contributed by atoms with E-state index < -0.39 is 0 Å². The molecule has 0 atom stereocenters. The summed E-state index contributed by atoms with van der Waals surface area (Å²) in [7, 11) is 0. The normalized spacial score (nSPS) is 10.4. The number of nitrogens with zero attached hydrogens (tertiary/aromatic N) is 1. The number of halogens is 1. The Kier molecular flexibility index (Phi) is 3.43. The summed E-state index contributed by atoms with van der Waals surface area (Å²) < 4.78 is 5.16. The van der Waals surface area contributed by atoms with Crippen molar-refractivity contribution in [3.05, 3.63) is 17.8 Å². The van der Waals surface area contributed by atoms with Crippen molar-refractivity contribution in [3.63, 3.8) is 0 Å². The van der Waals surface area contributed by atoms with Gasteiger partial charge in [-0.05, 0) is 6.42 Å². The van der Waals surface area contributed by atoms with Crippen molar-refractivity contribution in [1.29, 1.82) is 0 Å². The number of unbranched alkanes of at least 4 members (excludes halogenated alkanes) is 1. The van der Waals surface area contributed by atoms with Crippen LogP contribution >= 0.6 is 11.6 Å². The second-order valence-corrected chi connectivity index (χ2v) is 2.74. The van der Waals surface area contributed by atoms with Crippen molar-refractivity contribution >= 4 is 11.6 Å². The molecule has 1 aromatic rings. The molecule has 3 heteroatoms. The lowest BCUT2D eigenvalue weighted by atomic mass is 10.2. The fourth-order valence-corrected chi connectivity index (χ4v) is 0.976. The molecule has 0 aromatic carbocycles. The molecule has 0 saturated heterocycles. The average Bonchev–Trinajstić information content (AvgIpc) is 2.48. The Bertz CT molecular complexity index is 210. The minimum absolute atomic E-state index is 0.440. The molecule has 0 amide bonds. The molecule has 0 radical (unpaired) electrons. The number of oxazole rings is 1. The van der Waals surface area contributed by atoms with Gasteiger partial charge >= 0.3 is 0 Å². The lowest BCUT2D eigenvalue weighted by molar-refractivity contribution is 0.485. The van der Waals surface area contributed by atoms with E-state index in [0.29, 0.717) is 5.88 Å². The maximum absolute atomic E-state index is 5.55. The van der Waals surface area contributed by atoms with Gasteiger partial charge in [-0.1, -0.05) is 13.3 Å². The van der Waals surface area contributed by atoms with Gasteiger partial charge in [0.1, 0.15) is 6.26 Å². The van der Waals surface area contributed by atoms with E-state index in [1.54, 1.807) is 6.26 Å². The molecule has 0 saturated carbocycles. The Labute approximate surface area is 71.6 Å². The molecule has 0 aliphatic heterocycles. The average molecular weight is 174 g/mol. The summed E-state index contributed by atoms with van der Waals surface area (Å²) in [6.45, 7) is 2.14. The van der Waals surface area contributed by atoms with E-state index in [0.717, 1.165) is 24.4 Å². The van der Waals surface area contributed by atoms with Crippen molar-refractivity contribution in [2.45, 2.75) is 32.1 Å². The third-order valence-electron chi connectivity index (χ3n) is 1.48. The first kappa shape index (κ1) is 8.60. The second-order valence-electron chi connectivity index (χ2n) is 2.47. The highest BCUT2D eigenvalue weighted by molar-refractivity contribution is 6.16. The van der Waals surface area contributed by atoms with E-state index in [1.165, 1.54) is 6.42 Å². The Balaban J connectivity index is 2.44. The number of alkyl halides is 1. The van der Waals surface area contributed by atoms with Crippen molar-refractivity contribution in [2.24, 2.45) is 0 Å². The monoisotopic (exact) mass is 173 g/mol. The SMILES string of the molecule is CCCCc1nc(CCl)co1. The van der Waals surface area contributed by atoms with Gasteiger partial charge in [0.25, 0.3) is 0 Å². The van der Waals surface area contributed by atoms with Gasteiger partial charge in [0, 0.05) is 6.42 Å². The van der Waals surface area contributed by atoms with Gasteiger partial charge in [-0.2, -0.15) is 0 Å². The van der Waals surface area contributed by atoms with Crippen LogP contribution in [-0.2, 0) is 12.3 Å². The number of hydrogen-bond acceptors (Lipinski definition) is 2. The van der Waals surface area contributed by atoms with Crippen molar-refractivity contribution in [2.75, 3.05) is 0 Å². The summed E-state index contributed by atoms with van der Waals surface area (Å²) in [4.78, 5) is 4.17. The summed E-state index contributed by atoms with van der Waals surface area (Å²) in [6, 6.07) is 0. The van der Waals surface area contributed by atoms with E-state index in [1.807, 2.05) is 0 Å². The van der Waals surface area contributed by atoms with Gasteiger partial charge < -0.3 is 4.42 Å². The number of aromatic nitrogens is 1. The molecule has 62 valence electrons. The zero-order chi connectivity index (χ0) is 8.10. The van der Waals surface area contributed by atoms with Crippen molar-refractivity contribution in [1.82, 2.24) is 4.98 Å². The van der Waals surface area contributed by atoms with Gasteiger partial charge in [0.05, 0.1) is 11.6 Å². The zero-order valence-corrected chi connectivity index (χ0v) is 7.40. The molecule has 0 N–H and O–H groups in total. The predicted molar refractivity (Wildman–Crippen MR) is 44.7 cm³/mol. The molecule has 1 rings (SSSR count). The summed E-state index contributed by atoms with van der Waals surface area (Å²) in [5.74, 6) is 1.25. The fraction of sp³-hybridized carbons (Fsp3) is 0.625. The van der Waals surface area contributed by atoms with Gasteiger partial charge in [-0.15, -0.1) is 11.6 Å². The van der Waals surface area contributed by atoms with Crippen LogP contribution in [0.25, 0.3) is 0 Å². The molecule has 11 heavy (non-hydrogen) atoms. The summed E-state index contributed by atoms with van der Waals surface area (Å²) in [5, 5.41) is 0. The van der Waals surface area contributed by atoms with E-state index in [2.05, 4.69) is 11.9 Å². The van der Waals surface area contributed by atoms with Gasteiger partial charge in [-0.3, -0.25) is 0 Å². The van der Waals surface area contributed by atoms with Gasteiger partial charge in [0.15, 0.2) is 5.89 Å². The molecule has 1 heterocycles. The number of hydrogen-bond donors (Lipinski definition) is 0. The number of aryl methyl sites for hydroxylation is 1. The van der Waals surface area contributed by atoms with Crippen LogP contribution < -0.4 is 0 Å². The molecule has 0 aliphatic carbocycles. The fourth-order valence-electron chi connectivity index (χ4n) is 0.853. The molecule has 0 fully saturated rings. The quantitative estimate of drug-likeness (QED) is 0.655. The van der Waals surface area contributed by atoms with Crippen LogP contribution in [0, 0.1) is 0 Å². The van der Waals surface area contributed by atoms with Crippen molar-refractivity contribution in [3.8, 4) is 0 Å². The van der Waals surface area contributed by atoms with E-state index in [-0.39, 0.29) is 0 Å². The maximum Gasteiger partial charge on any atom is 0.194 e. The van der Waals surface area contributed by atoms with Crippen LogP contribution in [-0.4, -0.2) is 4.98 Å². The first-order valence-electron chi connectivity index (χ1n) is 3.86. The zero-order valence-electron chi connectivity index (χ0n) is 6.64. The Hall–Kier alpha value is -0.500. The minimum atomic E-state index is 0.440. The van der Waals surface area contributed by atoms with Crippen LogP contribution in [0.2, 0.25) is 0 Å². The highest BCUT2D eigenvalue weighted by Gasteiger charge is 2.00. The third kappa shape index (κ3) is 2.54. The Morgan fingerprint density at radius 2 is 2.45 bits per heavy atom. The maximum atomic E-state index is 5.55. The van der Waals surface area contributed by atoms with Crippen LogP contribution in [0.3, 0.4) is 0 Å². The summed E-state index contributed by atoms with van der Waals surface area (Å²) in [6.07, 6.45) is 4.84. The standard InChI is InChI=1S/C8H12ClNO/c1-2-3-4-8-10-7(5-9)6-11-8/h6H,2-5H2,1H3.